The summed E-state index contributed by atoms with van der Waals surface area (Å²) in [6.07, 6.45) is 3.17. The van der Waals surface area contributed by atoms with Gasteiger partial charge in [0, 0.05) is 19.4 Å². The van der Waals surface area contributed by atoms with Crippen molar-refractivity contribution in [3.8, 4) is 5.88 Å². The Kier molecular flexibility index (Phi) is 5.50. The summed E-state index contributed by atoms with van der Waals surface area (Å²) in [5, 5.41) is 10.5. The minimum absolute atomic E-state index is 0.0559. The van der Waals surface area contributed by atoms with E-state index in [2.05, 4.69) is 4.98 Å². The van der Waals surface area contributed by atoms with Gasteiger partial charge in [-0.25, -0.2) is 14.3 Å². The van der Waals surface area contributed by atoms with Gasteiger partial charge in [-0.3, -0.25) is 4.79 Å². The van der Waals surface area contributed by atoms with Crippen molar-refractivity contribution >= 4 is 40.3 Å². The lowest BCUT2D eigenvalue weighted by Crippen LogP contribution is -2.23. The van der Waals surface area contributed by atoms with Crippen LogP contribution in [-0.4, -0.2) is 46.7 Å². The van der Waals surface area contributed by atoms with E-state index in [1.165, 1.54) is 27.4 Å². The number of aromatic nitrogens is 3. The maximum atomic E-state index is 12.6. The summed E-state index contributed by atoms with van der Waals surface area (Å²) in [4.78, 5) is 29.4. The lowest BCUT2D eigenvalue weighted by Gasteiger charge is -2.03. The number of hydrogen-bond acceptors (Lipinski definition) is 7. The van der Waals surface area contributed by atoms with E-state index in [9.17, 15) is 14.7 Å². The second-order valence-corrected chi connectivity index (χ2v) is 6.92. The largest absolute Gasteiger partial charge is 0.474 e. The van der Waals surface area contributed by atoms with Crippen LogP contribution in [0.4, 0.5) is 0 Å². The number of methoxy groups -OCH3 is 1. The van der Waals surface area contributed by atoms with Gasteiger partial charge in [0.15, 0.2) is 4.47 Å². The van der Waals surface area contributed by atoms with Gasteiger partial charge in [-0.05, 0) is 6.07 Å². The van der Waals surface area contributed by atoms with E-state index in [0.29, 0.717) is 10.1 Å². The Balaban J connectivity index is 2.02. The number of rotatable bonds is 7. The van der Waals surface area contributed by atoms with Crippen LogP contribution in [0.25, 0.3) is 5.65 Å². The molecule has 0 aliphatic heterocycles. The molecule has 136 valence electrons. The fraction of sp³-hybridized carbons (Fsp3) is 0.250. The van der Waals surface area contributed by atoms with Gasteiger partial charge in [0.05, 0.1) is 17.7 Å². The zero-order chi connectivity index (χ0) is 18.7. The maximum Gasteiger partial charge on any atom is 0.384 e. The van der Waals surface area contributed by atoms with Gasteiger partial charge >= 0.3 is 17.6 Å². The quantitative estimate of drug-likeness (QED) is 0.213. The van der Waals surface area contributed by atoms with Crippen LogP contribution in [0.2, 0.25) is 4.47 Å². The third-order valence-corrected chi connectivity index (χ3v) is 4.68. The Morgan fingerprint density at radius 3 is 2.88 bits per heavy atom. The van der Waals surface area contributed by atoms with Gasteiger partial charge in [0.25, 0.3) is 11.3 Å². The molecule has 0 bridgehead atoms. The molecule has 0 saturated heterocycles. The highest BCUT2D eigenvalue weighted by Gasteiger charge is 2.36. The number of nitrogens with zero attached hydrogens (tertiary/aromatic N) is 3. The van der Waals surface area contributed by atoms with Gasteiger partial charge in [0.2, 0.25) is 0 Å². The van der Waals surface area contributed by atoms with E-state index in [-0.39, 0.29) is 31.3 Å². The van der Waals surface area contributed by atoms with Crippen molar-refractivity contribution in [2.24, 2.45) is 0 Å². The lowest BCUT2D eigenvalue weighted by atomic mass is 10.3. The average molecular weight is 397 g/mol. The molecule has 0 radical (unpaired) electrons. The highest BCUT2D eigenvalue weighted by Crippen LogP contribution is 2.24. The number of aromatic hydroxyl groups is 1. The highest BCUT2D eigenvalue weighted by atomic mass is 35.5. The van der Waals surface area contributed by atoms with Crippen LogP contribution in [0.1, 0.15) is 15.4 Å². The Hall–Kier alpha value is -2.49. The summed E-state index contributed by atoms with van der Waals surface area (Å²) in [6.45, 7) is 0.326. The van der Waals surface area contributed by atoms with Crippen molar-refractivity contribution in [2.75, 3.05) is 20.3 Å². The molecule has 0 atom stereocenters. The average Bonchev–Trinajstić information content (AvgIpc) is 3.17. The second-order valence-electron chi connectivity index (χ2n) is 5.22. The van der Waals surface area contributed by atoms with Crippen molar-refractivity contribution in [3.05, 3.63) is 45.6 Å². The molecule has 0 aliphatic rings. The SMILES string of the molecule is COCCOC(=O)C(=O)c1c(O)[n+]2ccccc2n1Cc1cnc(Cl)s1. The molecule has 3 aromatic heterocycles. The number of hydrogen-bond donors (Lipinski definition) is 1. The maximum absolute atomic E-state index is 12.6. The summed E-state index contributed by atoms with van der Waals surface area (Å²) in [7, 11) is 1.45. The summed E-state index contributed by atoms with van der Waals surface area (Å²) >= 11 is 7.11. The summed E-state index contributed by atoms with van der Waals surface area (Å²) in [5.41, 5.74) is 0.366. The number of ketones is 1. The molecular weight excluding hydrogens is 382 g/mol. The Morgan fingerprint density at radius 2 is 2.19 bits per heavy atom. The fourth-order valence-electron chi connectivity index (χ4n) is 2.46. The van der Waals surface area contributed by atoms with Crippen LogP contribution in [-0.2, 0) is 20.8 Å². The van der Waals surface area contributed by atoms with Crippen molar-refractivity contribution in [1.29, 1.82) is 0 Å². The molecule has 1 N–H and O–H groups in total. The zero-order valence-corrected chi connectivity index (χ0v) is 15.3. The number of fused-ring (bicyclic) bond motifs is 1. The number of carbonyl (C=O) groups is 2. The van der Waals surface area contributed by atoms with Gasteiger partial charge in [0.1, 0.15) is 13.2 Å². The van der Waals surface area contributed by atoms with E-state index in [1.807, 2.05) is 0 Å². The number of carbonyl (C=O) groups excluding carboxylic acids is 2. The third-order valence-electron chi connectivity index (χ3n) is 3.59. The number of thiazole rings is 1. The first-order valence-electron chi connectivity index (χ1n) is 7.55. The normalized spacial score (nSPS) is 11.0. The van der Waals surface area contributed by atoms with E-state index < -0.39 is 11.8 Å². The van der Waals surface area contributed by atoms with Gasteiger partial charge in [-0.2, -0.15) is 4.40 Å². The Morgan fingerprint density at radius 1 is 1.38 bits per heavy atom. The Bertz CT molecular complexity index is 968. The molecule has 8 nitrogen and oxygen atoms in total. The molecule has 0 fully saturated rings. The van der Waals surface area contributed by atoms with E-state index in [1.54, 1.807) is 30.6 Å². The number of imidazole rings is 1. The topological polar surface area (TPSA) is 94.7 Å². The third kappa shape index (κ3) is 3.55. The van der Waals surface area contributed by atoms with Crippen LogP contribution < -0.4 is 4.40 Å². The molecule has 0 unspecified atom stereocenters. The Labute approximate surface area is 157 Å². The van der Waals surface area contributed by atoms with Crippen molar-refractivity contribution in [1.82, 2.24) is 9.55 Å². The van der Waals surface area contributed by atoms with Gasteiger partial charge < -0.3 is 14.6 Å². The molecule has 0 spiro atoms. The number of Topliss-reactive ketones (excluding diaryl/α,β-unsaturated/α-hetero) is 1. The van der Waals surface area contributed by atoms with Crippen LogP contribution in [0.3, 0.4) is 0 Å². The van der Waals surface area contributed by atoms with Crippen LogP contribution >= 0.6 is 22.9 Å². The second kappa shape index (κ2) is 7.81. The summed E-state index contributed by atoms with van der Waals surface area (Å²) in [6, 6.07) is 5.18. The minimum atomic E-state index is -1.07. The van der Waals surface area contributed by atoms with E-state index in [0.717, 1.165) is 4.88 Å². The van der Waals surface area contributed by atoms with Crippen LogP contribution in [0, 0.1) is 0 Å². The molecule has 3 heterocycles. The predicted octanol–water partition coefficient (Wildman–Crippen LogP) is 1.46. The molecule has 0 aliphatic carbocycles. The smallest absolute Gasteiger partial charge is 0.384 e. The first kappa shape index (κ1) is 18.3. The van der Waals surface area contributed by atoms with Gasteiger partial charge in [-0.15, -0.1) is 11.3 Å². The zero-order valence-electron chi connectivity index (χ0n) is 13.7. The first-order valence-corrected chi connectivity index (χ1v) is 8.74. The molecular formula is C16H15ClN3O5S+. The number of ether oxygens (including phenoxy) is 2. The number of pyridine rings is 1. The predicted molar refractivity (Wildman–Crippen MR) is 92.6 cm³/mol. The van der Waals surface area contributed by atoms with Crippen LogP contribution in [0.15, 0.2) is 30.6 Å². The molecule has 26 heavy (non-hydrogen) atoms. The molecule has 0 saturated carbocycles. The number of esters is 1. The minimum Gasteiger partial charge on any atom is -0.474 e. The molecule has 3 rings (SSSR count). The number of halogens is 1. The van der Waals surface area contributed by atoms with Gasteiger partial charge in [-0.1, -0.05) is 17.7 Å². The van der Waals surface area contributed by atoms with E-state index >= 15 is 0 Å². The summed E-state index contributed by atoms with van der Waals surface area (Å²) < 4.78 is 13.0. The van der Waals surface area contributed by atoms with Crippen molar-refractivity contribution in [2.45, 2.75) is 6.54 Å². The van der Waals surface area contributed by atoms with Crippen molar-refractivity contribution in [3.63, 3.8) is 0 Å². The fourth-order valence-corrected chi connectivity index (χ4v) is 3.43. The molecule has 0 amide bonds. The van der Waals surface area contributed by atoms with Crippen LogP contribution in [0.5, 0.6) is 5.88 Å². The molecule has 10 heteroatoms. The molecule has 3 aromatic rings. The van der Waals surface area contributed by atoms with E-state index in [4.69, 9.17) is 21.1 Å². The lowest BCUT2D eigenvalue weighted by molar-refractivity contribution is -0.521. The summed E-state index contributed by atoms with van der Waals surface area (Å²) in [5.74, 6) is -2.35. The monoisotopic (exact) mass is 396 g/mol. The first-order chi connectivity index (χ1) is 12.5. The van der Waals surface area contributed by atoms with Crippen molar-refractivity contribution < 1.29 is 28.6 Å². The standard InChI is InChI=1S/C16H14ClN3O5S/c1-24-6-7-25-15(23)13(21)12-14(22)19-5-3-2-4-11(19)20(12)9-10-8-18-16(17)26-10/h2-5,8H,6-7,9H2,1H3/p+1. The molecule has 0 aromatic carbocycles. The highest BCUT2D eigenvalue weighted by molar-refractivity contribution is 7.15.